The molecule has 2 aromatic rings. The molecule has 27 heavy (non-hydrogen) atoms. The van der Waals surface area contributed by atoms with Crippen LogP contribution in [0.15, 0.2) is 77.4 Å². The van der Waals surface area contributed by atoms with Crippen LogP contribution >= 0.6 is 11.6 Å². The third-order valence-corrected chi connectivity index (χ3v) is 4.46. The van der Waals surface area contributed by atoms with Gasteiger partial charge >= 0.3 is 5.97 Å². The second kappa shape index (κ2) is 7.98. The molecule has 3 rings (SSSR count). The van der Waals surface area contributed by atoms with E-state index in [2.05, 4.69) is 6.07 Å². The molecule has 0 spiro atoms. The number of ether oxygens (including phenoxy) is 2. The van der Waals surface area contributed by atoms with Gasteiger partial charge in [-0.1, -0.05) is 54.1 Å². The minimum absolute atomic E-state index is 0.0745. The molecule has 0 unspecified atom stereocenters. The third-order valence-electron chi connectivity index (χ3n) is 4.22. The molecule has 0 aromatic heterocycles. The summed E-state index contributed by atoms with van der Waals surface area (Å²) in [5.41, 5.74) is 7.89. The van der Waals surface area contributed by atoms with Crippen LogP contribution < -0.4 is 5.73 Å². The lowest BCUT2D eigenvalue weighted by molar-refractivity contribution is -0.140. The quantitative estimate of drug-likeness (QED) is 0.805. The van der Waals surface area contributed by atoms with E-state index in [1.54, 1.807) is 31.2 Å². The largest absolute Gasteiger partial charge is 0.457 e. The second-order valence-corrected chi connectivity index (χ2v) is 6.45. The Kier molecular flexibility index (Phi) is 5.49. The summed E-state index contributed by atoms with van der Waals surface area (Å²) in [4.78, 5) is 12.8. The fourth-order valence-electron chi connectivity index (χ4n) is 2.95. The van der Waals surface area contributed by atoms with Crippen LogP contribution in [0.2, 0.25) is 5.02 Å². The summed E-state index contributed by atoms with van der Waals surface area (Å²) in [6.45, 7) is 1.72. The van der Waals surface area contributed by atoms with Gasteiger partial charge in [-0.05, 0) is 30.2 Å². The lowest BCUT2D eigenvalue weighted by Crippen LogP contribution is -2.26. The minimum atomic E-state index is -0.703. The Labute approximate surface area is 162 Å². The zero-order chi connectivity index (χ0) is 19.4. The Hall–Kier alpha value is -3.23. The van der Waals surface area contributed by atoms with Crippen molar-refractivity contribution >= 4 is 17.6 Å². The average molecular weight is 381 g/mol. The highest BCUT2D eigenvalue weighted by Crippen LogP contribution is 2.40. The van der Waals surface area contributed by atoms with Gasteiger partial charge in [0.15, 0.2) is 0 Å². The van der Waals surface area contributed by atoms with Gasteiger partial charge in [-0.25, -0.2) is 4.79 Å². The van der Waals surface area contributed by atoms with Gasteiger partial charge in [0.05, 0.1) is 17.6 Å². The number of nitrogens with two attached hydrogens (primary N) is 1. The van der Waals surface area contributed by atoms with E-state index in [9.17, 15) is 10.1 Å². The molecule has 2 N–H and O–H groups in total. The van der Waals surface area contributed by atoms with E-state index in [1.165, 1.54) is 0 Å². The molecule has 0 fully saturated rings. The number of hydrogen-bond donors (Lipinski definition) is 1. The highest BCUT2D eigenvalue weighted by atomic mass is 35.5. The predicted molar refractivity (Wildman–Crippen MR) is 101 cm³/mol. The maximum absolute atomic E-state index is 12.8. The fourth-order valence-corrected chi connectivity index (χ4v) is 3.15. The van der Waals surface area contributed by atoms with E-state index >= 15 is 0 Å². The Bertz CT molecular complexity index is 974. The number of nitrogens with zero attached hydrogens (tertiary/aromatic N) is 1. The highest BCUT2D eigenvalue weighted by molar-refractivity contribution is 6.30. The molecular weight excluding hydrogens is 364 g/mol. The van der Waals surface area contributed by atoms with E-state index in [4.69, 9.17) is 26.8 Å². The Morgan fingerprint density at radius 3 is 2.67 bits per heavy atom. The topological polar surface area (TPSA) is 85.3 Å². The number of hydrogen-bond acceptors (Lipinski definition) is 5. The predicted octanol–water partition coefficient (Wildman–Crippen LogP) is 4.17. The molecule has 1 aliphatic heterocycles. The molecule has 6 heteroatoms. The first-order valence-corrected chi connectivity index (χ1v) is 8.64. The number of allylic oxidation sites excluding steroid dienone is 2. The number of carbonyl (C=O) groups excluding carboxylic acids is 1. The molecule has 0 amide bonds. The molecule has 0 saturated heterocycles. The van der Waals surface area contributed by atoms with Gasteiger partial charge in [0, 0.05) is 5.02 Å². The van der Waals surface area contributed by atoms with E-state index in [0.717, 1.165) is 5.56 Å². The SMILES string of the molecule is CC1=C(C#N)[C@H](c2cccc(Cl)c2)C(C(=O)OCc2ccccc2)=C(N)O1. The minimum Gasteiger partial charge on any atom is -0.457 e. The first kappa shape index (κ1) is 18.6. The van der Waals surface area contributed by atoms with Crippen LogP contribution in [-0.2, 0) is 20.9 Å². The second-order valence-electron chi connectivity index (χ2n) is 6.01. The van der Waals surface area contributed by atoms with Crippen LogP contribution in [0.25, 0.3) is 0 Å². The lowest BCUT2D eigenvalue weighted by atomic mass is 9.83. The van der Waals surface area contributed by atoms with Crippen molar-refractivity contribution in [2.24, 2.45) is 5.73 Å². The van der Waals surface area contributed by atoms with E-state index in [0.29, 0.717) is 16.3 Å². The zero-order valence-corrected chi connectivity index (χ0v) is 15.4. The number of benzene rings is 2. The van der Waals surface area contributed by atoms with E-state index < -0.39 is 11.9 Å². The first-order valence-electron chi connectivity index (χ1n) is 8.26. The summed E-state index contributed by atoms with van der Waals surface area (Å²) in [6, 6.07) is 18.3. The standard InChI is InChI=1S/C21H17ClN2O3/c1-13-17(11-23)18(15-8-5-9-16(22)10-15)19(20(24)27-13)21(25)26-12-14-6-3-2-4-7-14/h2-10,18H,12,24H2,1H3/t18-/m0/s1. The first-order chi connectivity index (χ1) is 13.0. The summed E-state index contributed by atoms with van der Waals surface area (Å²) >= 11 is 6.10. The van der Waals surface area contributed by atoms with Crippen molar-refractivity contribution in [1.29, 1.82) is 5.26 Å². The van der Waals surface area contributed by atoms with Crippen molar-refractivity contribution in [3.8, 4) is 6.07 Å². The van der Waals surface area contributed by atoms with Crippen LogP contribution in [0.1, 0.15) is 24.0 Å². The van der Waals surface area contributed by atoms with Gasteiger partial charge in [-0.2, -0.15) is 5.26 Å². The number of nitriles is 1. The van der Waals surface area contributed by atoms with Crippen molar-refractivity contribution in [3.05, 3.63) is 93.5 Å². The monoisotopic (exact) mass is 380 g/mol. The smallest absolute Gasteiger partial charge is 0.340 e. The molecule has 0 aliphatic carbocycles. The molecule has 2 aromatic carbocycles. The Balaban J connectivity index is 1.96. The Morgan fingerprint density at radius 2 is 2.00 bits per heavy atom. The highest BCUT2D eigenvalue weighted by Gasteiger charge is 2.36. The molecule has 1 heterocycles. The van der Waals surface area contributed by atoms with Gasteiger partial charge < -0.3 is 15.2 Å². The zero-order valence-electron chi connectivity index (χ0n) is 14.6. The van der Waals surface area contributed by atoms with Crippen molar-refractivity contribution in [1.82, 2.24) is 0 Å². The number of halogens is 1. The normalized spacial score (nSPS) is 16.6. The van der Waals surface area contributed by atoms with Crippen LogP contribution in [0.4, 0.5) is 0 Å². The van der Waals surface area contributed by atoms with E-state index in [1.807, 2.05) is 30.3 Å². The fraction of sp³-hybridized carbons (Fsp3) is 0.143. The Morgan fingerprint density at radius 1 is 1.26 bits per heavy atom. The molecule has 0 bridgehead atoms. The summed E-state index contributed by atoms with van der Waals surface area (Å²) in [5, 5.41) is 10.1. The maximum Gasteiger partial charge on any atom is 0.340 e. The number of esters is 1. The molecule has 1 aliphatic rings. The van der Waals surface area contributed by atoms with Crippen molar-refractivity contribution in [2.75, 3.05) is 0 Å². The van der Waals surface area contributed by atoms with Gasteiger partial charge in [0.2, 0.25) is 5.88 Å². The van der Waals surface area contributed by atoms with Crippen LogP contribution in [0, 0.1) is 11.3 Å². The maximum atomic E-state index is 12.8. The molecular formula is C21H17ClN2O3. The molecule has 5 nitrogen and oxygen atoms in total. The number of carbonyl (C=O) groups is 1. The van der Waals surface area contributed by atoms with Gasteiger partial charge in [-0.15, -0.1) is 0 Å². The average Bonchev–Trinajstić information content (AvgIpc) is 2.66. The van der Waals surface area contributed by atoms with Crippen LogP contribution in [-0.4, -0.2) is 5.97 Å². The van der Waals surface area contributed by atoms with Crippen LogP contribution in [0.5, 0.6) is 0 Å². The number of rotatable bonds is 4. The summed E-state index contributed by atoms with van der Waals surface area (Å²) in [5.74, 6) is -1.07. The van der Waals surface area contributed by atoms with E-state index in [-0.39, 0.29) is 23.6 Å². The van der Waals surface area contributed by atoms with Gasteiger partial charge in [0.1, 0.15) is 17.9 Å². The van der Waals surface area contributed by atoms with Gasteiger partial charge in [-0.3, -0.25) is 0 Å². The van der Waals surface area contributed by atoms with Gasteiger partial charge in [0.25, 0.3) is 0 Å². The molecule has 1 atom stereocenters. The lowest BCUT2D eigenvalue weighted by Gasteiger charge is -2.27. The molecule has 136 valence electrons. The van der Waals surface area contributed by atoms with Crippen molar-refractivity contribution in [3.63, 3.8) is 0 Å². The summed E-state index contributed by atoms with van der Waals surface area (Å²) in [6.07, 6.45) is 0. The summed E-state index contributed by atoms with van der Waals surface area (Å²) in [7, 11) is 0. The van der Waals surface area contributed by atoms with Crippen molar-refractivity contribution in [2.45, 2.75) is 19.4 Å². The summed E-state index contributed by atoms with van der Waals surface area (Å²) < 4.78 is 10.9. The van der Waals surface area contributed by atoms with Crippen LogP contribution in [0.3, 0.4) is 0 Å². The molecule has 0 radical (unpaired) electrons. The third kappa shape index (κ3) is 3.97. The van der Waals surface area contributed by atoms with Crippen molar-refractivity contribution < 1.29 is 14.3 Å². The molecule has 0 saturated carbocycles.